The largest absolute Gasteiger partial charge is 0.465 e. The highest BCUT2D eigenvalue weighted by Gasteiger charge is 2.34. The van der Waals surface area contributed by atoms with Gasteiger partial charge in [-0.2, -0.15) is 0 Å². The van der Waals surface area contributed by atoms with E-state index < -0.39 is 5.79 Å². The van der Waals surface area contributed by atoms with Crippen LogP contribution in [0.25, 0.3) is 0 Å². The van der Waals surface area contributed by atoms with Crippen LogP contribution in [-0.4, -0.2) is 24.0 Å². The van der Waals surface area contributed by atoms with Crippen molar-refractivity contribution in [3.05, 3.63) is 29.8 Å². The number of carbonyl (C=O) groups is 1. The normalized spacial score (nSPS) is 26.1. The predicted molar refractivity (Wildman–Crippen MR) is 75.6 cm³/mol. The van der Waals surface area contributed by atoms with E-state index in [9.17, 15) is 9.90 Å². The summed E-state index contributed by atoms with van der Waals surface area (Å²) in [5, 5.41) is 10.4. The Labute approximate surface area is 119 Å². The van der Waals surface area contributed by atoms with Gasteiger partial charge in [0.25, 0.3) is 0 Å². The van der Waals surface area contributed by atoms with Gasteiger partial charge in [0.2, 0.25) is 5.79 Å². The van der Waals surface area contributed by atoms with Gasteiger partial charge in [-0.05, 0) is 43.0 Å². The van der Waals surface area contributed by atoms with E-state index >= 15 is 0 Å². The topological polar surface area (TPSA) is 55.8 Å². The highest BCUT2D eigenvalue weighted by atomic mass is 16.6. The monoisotopic (exact) mass is 278 g/mol. The minimum absolute atomic E-state index is 0.376. The summed E-state index contributed by atoms with van der Waals surface area (Å²) in [6.45, 7) is 2.18. The Balaban J connectivity index is 1.98. The molecule has 1 aliphatic carbocycles. The van der Waals surface area contributed by atoms with E-state index in [1.807, 2.05) is 0 Å². The smallest absolute Gasteiger partial charge is 0.337 e. The molecule has 20 heavy (non-hydrogen) atoms. The Kier molecular flexibility index (Phi) is 4.65. The molecule has 110 valence electrons. The zero-order chi connectivity index (χ0) is 14.6. The molecule has 0 heterocycles. The number of benzene rings is 1. The fourth-order valence-corrected chi connectivity index (χ4v) is 2.64. The summed E-state index contributed by atoms with van der Waals surface area (Å²) in [4.78, 5) is 11.3. The van der Waals surface area contributed by atoms with Gasteiger partial charge in [-0.3, -0.25) is 0 Å². The second-order valence-electron chi connectivity index (χ2n) is 5.42. The van der Waals surface area contributed by atoms with Crippen LogP contribution in [0.15, 0.2) is 24.3 Å². The molecule has 4 heteroatoms. The summed E-state index contributed by atoms with van der Waals surface area (Å²) in [6.07, 6.45) is 4.46. The van der Waals surface area contributed by atoms with E-state index in [2.05, 4.69) is 11.7 Å². The third kappa shape index (κ3) is 3.51. The van der Waals surface area contributed by atoms with E-state index in [1.54, 1.807) is 24.3 Å². The predicted octanol–water partition coefficient (Wildman–Crippen LogP) is 3.14. The number of methoxy groups -OCH3 is 1. The molecule has 0 radical (unpaired) electrons. The summed E-state index contributed by atoms with van der Waals surface area (Å²) in [5.74, 6) is -0.173. The number of hydrogen-bond acceptors (Lipinski definition) is 4. The zero-order valence-electron chi connectivity index (χ0n) is 12.1. The highest BCUT2D eigenvalue weighted by molar-refractivity contribution is 5.89. The van der Waals surface area contributed by atoms with Crippen molar-refractivity contribution in [2.45, 2.75) is 44.8 Å². The molecule has 1 aromatic rings. The maximum atomic E-state index is 11.3. The molecule has 1 aromatic carbocycles. The van der Waals surface area contributed by atoms with Gasteiger partial charge in [-0.1, -0.05) is 13.3 Å². The molecule has 1 fully saturated rings. The van der Waals surface area contributed by atoms with Gasteiger partial charge in [-0.15, -0.1) is 0 Å². The average Bonchev–Trinajstić information content (AvgIpc) is 2.48. The van der Waals surface area contributed by atoms with Gasteiger partial charge in [0.05, 0.1) is 12.7 Å². The quantitative estimate of drug-likeness (QED) is 0.679. The molecule has 0 saturated heterocycles. The standard InChI is InChI=1S/C16H22O4/c1-3-12-8-10-16(18,11-9-12)20-14-6-4-13(5-7-14)15(17)19-2/h4-7,12,18H,3,8-11H2,1-2H3/t12-,16-. The molecule has 0 aromatic heterocycles. The molecule has 0 spiro atoms. The number of carbonyl (C=O) groups excluding carboxylic acids is 1. The van der Waals surface area contributed by atoms with Gasteiger partial charge in [0.15, 0.2) is 0 Å². The highest BCUT2D eigenvalue weighted by Crippen LogP contribution is 2.35. The molecule has 1 N–H and O–H groups in total. The average molecular weight is 278 g/mol. The maximum absolute atomic E-state index is 11.3. The van der Waals surface area contributed by atoms with Crippen LogP contribution in [0.2, 0.25) is 0 Å². The minimum atomic E-state index is -1.07. The lowest BCUT2D eigenvalue weighted by atomic mass is 9.84. The van der Waals surface area contributed by atoms with Crippen LogP contribution in [-0.2, 0) is 4.74 Å². The molecule has 1 aliphatic rings. The zero-order valence-corrected chi connectivity index (χ0v) is 12.1. The van der Waals surface area contributed by atoms with Crippen LogP contribution in [0.5, 0.6) is 5.75 Å². The van der Waals surface area contributed by atoms with Crippen LogP contribution in [0.3, 0.4) is 0 Å². The molecule has 0 atom stereocenters. The van der Waals surface area contributed by atoms with Gasteiger partial charge in [-0.25, -0.2) is 4.79 Å². The summed E-state index contributed by atoms with van der Waals surface area (Å²) in [5.41, 5.74) is 0.474. The third-order valence-electron chi connectivity index (χ3n) is 4.05. The Morgan fingerprint density at radius 3 is 2.40 bits per heavy atom. The van der Waals surface area contributed by atoms with Gasteiger partial charge in [0.1, 0.15) is 5.75 Å². The van der Waals surface area contributed by atoms with Crippen molar-refractivity contribution in [3.63, 3.8) is 0 Å². The lowest BCUT2D eigenvalue weighted by Crippen LogP contribution is -2.39. The van der Waals surface area contributed by atoms with Crippen LogP contribution in [0, 0.1) is 5.92 Å². The second kappa shape index (κ2) is 6.27. The fraction of sp³-hybridized carbons (Fsp3) is 0.562. The van der Waals surface area contributed by atoms with Gasteiger partial charge >= 0.3 is 5.97 Å². The molecule has 0 bridgehead atoms. The summed E-state index contributed by atoms with van der Waals surface area (Å²) in [6, 6.07) is 6.66. The molecular formula is C16H22O4. The minimum Gasteiger partial charge on any atom is -0.465 e. The number of aliphatic hydroxyl groups is 1. The van der Waals surface area contributed by atoms with Crippen molar-refractivity contribution in [1.82, 2.24) is 0 Å². The van der Waals surface area contributed by atoms with Crippen LogP contribution in [0.4, 0.5) is 0 Å². The van der Waals surface area contributed by atoms with Crippen LogP contribution < -0.4 is 4.74 Å². The van der Waals surface area contributed by atoms with Crippen molar-refractivity contribution in [2.75, 3.05) is 7.11 Å². The molecule has 2 rings (SSSR count). The number of ether oxygens (including phenoxy) is 2. The Bertz CT molecular complexity index is 444. The van der Waals surface area contributed by atoms with E-state index in [-0.39, 0.29) is 5.97 Å². The van der Waals surface area contributed by atoms with Crippen molar-refractivity contribution in [3.8, 4) is 5.75 Å². The van der Waals surface area contributed by atoms with E-state index in [0.29, 0.717) is 30.1 Å². The summed E-state index contributed by atoms with van der Waals surface area (Å²) < 4.78 is 10.3. The first-order valence-electron chi connectivity index (χ1n) is 7.16. The Morgan fingerprint density at radius 1 is 1.30 bits per heavy atom. The lowest BCUT2D eigenvalue weighted by molar-refractivity contribution is -0.165. The van der Waals surface area contributed by atoms with Crippen molar-refractivity contribution < 1.29 is 19.4 Å². The third-order valence-corrected chi connectivity index (χ3v) is 4.05. The number of esters is 1. The molecule has 1 saturated carbocycles. The SMILES string of the molecule is CC[C@H]1CC[C@](O)(Oc2ccc(C(=O)OC)cc2)CC1. The first-order valence-corrected chi connectivity index (χ1v) is 7.16. The summed E-state index contributed by atoms with van der Waals surface area (Å²) in [7, 11) is 1.35. The number of hydrogen-bond donors (Lipinski definition) is 1. The van der Waals surface area contributed by atoms with E-state index in [0.717, 1.165) is 19.3 Å². The Hall–Kier alpha value is -1.55. The van der Waals surface area contributed by atoms with Gasteiger partial charge < -0.3 is 14.6 Å². The Morgan fingerprint density at radius 2 is 1.90 bits per heavy atom. The molecule has 0 amide bonds. The van der Waals surface area contributed by atoms with Crippen LogP contribution in [0.1, 0.15) is 49.4 Å². The van der Waals surface area contributed by atoms with E-state index in [4.69, 9.17) is 4.74 Å². The first kappa shape index (κ1) is 14.9. The molecule has 0 unspecified atom stereocenters. The lowest BCUT2D eigenvalue weighted by Gasteiger charge is -2.35. The summed E-state index contributed by atoms with van der Waals surface area (Å²) >= 11 is 0. The number of rotatable bonds is 4. The maximum Gasteiger partial charge on any atom is 0.337 e. The first-order chi connectivity index (χ1) is 9.56. The molecule has 4 nitrogen and oxygen atoms in total. The molecule has 0 aliphatic heterocycles. The fourth-order valence-electron chi connectivity index (χ4n) is 2.64. The van der Waals surface area contributed by atoms with Crippen molar-refractivity contribution >= 4 is 5.97 Å². The van der Waals surface area contributed by atoms with Crippen molar-refractivity contribution in [1.29, 1.82) is 0 Å². The van der Waals surface area contributed by atoms with Gasteiger partial charge in [0, 0.05) is 12.8 Å². The van der Waals surface area contributed by atoms with Crippen LogP contribution >= 0.6 is 0 Å². The molecular weight excluding hydrogens is 256 g/mol. The van der Waals surface area contributed by atoms with Crippen molar-refractivity contribution in [2.24, 2.45) is 5.92 Å². The van der Waals surface area contributed by atoms with E-state index in [1.165, 1.54) is 7.11 Å². The second-order valence-corrected chi connectivity index (χ2v) is 5.42.